The van der Waals surface area contributed by atoms with Crippen molar-refractivity contribution in [2.75, 3.05) is 59.5 Å². The Morgan fingerprint density at radius 1 is 0.182 bits per heavy atom. The third kappa shape index (κ3) is 16.0. The molecule has 23 fully saturated rings. The molecule has 23 rings (SSSR count). The molecule has 0 saturated carbocycles. The second-order valence-corrected chi connectivity index (χ2v) is 25.3. The average Bonchev–Trinajstić information content (AvgIpc) is 0.754. The molecule has 23 heterocycles. The minimum Gasteiger partial charge on any atom is -0.394 e. The highest BCUT2D eigenvalue weighted by Gasteiger charge is 2.61. The fraction of sp³-hybridized carbons (Fsp3) is 1.00. The van der Waals surface area contributed by atoms with Crippen molar-refractivity contribution in [3.05, 3.63) is 0 Å². The molecule has 99 heavy (non-hydrogen) atoms. The second kappa shape index (κ2) is 34.0. The van der Waals surface area contributed by atoms with Crippen molar-refractivity contribution in [1.82, 2.24) is 0 Å². The van der Waals surface area contributed by atoms with Gasteiger partial charge in [0.15, 0.2) is 56.6 Å². The van der Waals surface area contributed by atoms with E-state index in [0.29, 0.717) is 0 Å². The van der Waals surface area contributed by atoms with Gasteiger partial charge in [0, 0.05) is 0 Å². The molecule has 0 aliphatic carbocycles. The van der Waals surface area contributed by atoms with E-state index in [1.807, 2.05) is 0 Å². The number of aliphatic hydroxyl groups is 27. The second-order valence-electron chi connectivity index (χ2n) is 25.3. The zero-order valence-corrected chi connectivity index (χ0v) is 51.8. The Labute approximate surface area is 558 Å². The highest BCUT2D eigenvalue weighted by atomic mass is 16.8. The highest BCUT2D eigenvalue weighted by molar-refractivity contribution is 5.03. The van der Waals surface area contributed by atoms with Crippen LogP contribution in [0.1, 0.15) is 0 Å². The molecule has 0 spiro atoms. The third-order valence-electron chi connectivity index (χ3n) is 19.0. The Morgan fingerprint density at radius 3 is 0.657 bits per heavy atom. The van der Waals surface area contributed by atoms with Crippen molar-refractivity contribution in [3.8, 4) is 0 Å². The Morgan fingerprint density at radius 2 is 0.404 bits per heavy atom. The standard InChI is InChI=1S/C54H90O45/c55-1-10-19(63)20(64)29(73)47(83-10)92-38-11(2-56)84-46(30(74)21(38)65)82-9-18-45-28(72)37(81)54(91-18)98-44-17(8-62)89-52(35(79)26(44)70)96-42-15(6-60)87-50(33(77)24(42)68)94-40-13(4-58)85-48(31(75)22(40)66)93-39-12(3-57)86-49(32(76)23(39)67)95-41-14(5-59)88-51(34(78)25(41)69)97-43-16(7-61)90-53(99-45)36(80)27(43)71/h10-81H,1-9H2/t10-,11-,12-,13-,14-,15-,16-,17-,18-,19-,20+,21-,22-,23-,24-,25-,26-,27-,28-,29-,30-,31-,32-,33-,34-,35-,36-,37-,38-,39-,40-,41-,42-,43-,44-,45-,46+,47-,48-,49-,50-,51-,52-,53-,54-/m1/s1. The summed E-state index contributed by atoms with van der Waals surface area (Å²) in [6, 6.07) is 0. The van der Waals surface area contributed by atoms with E-state index >= 15 is 0 Å². The van der Waals surface area contributed by atoms with E-state index in [-0.39, 0.29) is 0 Å². The fourth-order valence-electron chi connectivity index (χ4n) is 13.3. The average molecular weight is 1460 g/mol. The van der Waals surface area contributed by atoms with Gasteiger partial charge in [-0.25, -0.2) is 0 Å². The smallest absolute Gasteiger partial charge is 0.187 e. The lowest BCUT2D eigenvalue weighted by Gasteiger charge is -2.50. The molecule has 0 radical (unpaired) electrons. The zero-order valence-electron chi connectivity index (χ0n) is 51.8. The van der Waals surface area contributed by atoms with Crippen molar-refractivity contribution in [2.45, 2.75) is 276 Å². The summed E-state index contributed by atoms with van der Waals surface area (Å²) in [6.07, 6.45) is -94.3. The lowest BCUT2D eigenvalue weighted by Crippen LogP contribution is -2.68. The van der Waals surface area contributed by atoms with Crippen LogP contribution in [-0.4, -0.2) is 474 Å². The predicted octanol–water partition coefficient (Wildman–Crippen LogP) is -19.6. The number of hydrogen-bond acceptors (Lipinski definition) is 45. The topological polar surface area (TPSA) is 712 Å². The molecule has 0 aromatic heterocycles. The van der Waals surface area contributed by atoms with Crippen molar-refractivity contribution >= 4 is 0 Å². The molecule has 45 atom stereocenters. The van der Waals surface area contributed by atoms with Gasteiger partial charge in [-0.15, -0.1) is 0 Å². The number of aliphatic hydroxyl groups excluding tert-OH is 27. The molecule has 0 unspecified atom stereocenters. The quantitative estimate of drug-likeness (QED) is 0.0814. The summed E-state index contributed by atoms with van der Waals surface area (Å²) < 4.78 is 103. The monoisotopic (exact) mass is 1460 g/mol. The number of ether oxygens (including phenoxy) is 18. The molecule has 45 nitrogen and oxygen atoms in total. The van der Waals surface area contributed by atoms with Crippen LogP contribution >= 0.6 is 0 Å². The molecule has 14 bridgehead atoms. The van der Waals surface area contributed by atoms with Crippen LogP contribution in [0.2, 0.25) is 0 Å². The maximum atomic E-state index is 12.0. The Kier molecular flexibility index (Phi) is 27.4. The molecule has 45 heteroatoms. The summed E-state index contributed by atoms with van der Waals surface area (Å²) in [7, 11) is 0. The minimum absolute atomic E-state index is 0.906. The molecule has 0 aromatic carbocycles. The van der Waals surface area contributed by atoms with E-state index in [4.69, 9.17) is 85.3 Å². The normalized spacial score (nSPS) is 55.1. The van der Waals surface area contributed by atoms with Crippen molar-refractivity contribution < 1.29 is 223 Å². The fourth-order valence-corrected chi connectivity index (χ4v) is 13.3. The molecule has 0 aromatic rings. The van der Waals surface area contributed by atoms with E-state index in [0.717, 1.165) is 0 Å². The summed E-state index contributed by atoms with van der Waals surface area (Å²) in [5.74, 6) is 0. The first-order chi connectivity index (χ1) is 47.1. The van der Waals surface area contributed by atoms with Crippen LogP contribution in [0.15, 0.2) is 0 Å². The molecule has 576 valence electrons. The maximum absolute atomic E-state index is 12.0. The van der Waals surface area contributed by atoms with E-state index in [1.54, 1.807) is 0 Å². The highest BCUT2D eigenvalue weighted by Crippen LogP contribution is 2.40. The third-order valence-corrected chi connectivity index (χ3v) is 19.0. The molecule has 0 amide bonds. The van der Waals surface area contributed by atoms with Crippen LogP contribution in [0, 0.1) is 0 Å². The van der Waals surface area contributed by atoms with E-state index < -0.39 is 336 Å². The lowest BCUT2D eigenvalue weighted by atomic mass is 9.95. The first kappa shape index (κ1) is 79.8. The van der Waals surface area contributed by atoms with Crippen LogP contribution in [0.3, 0.4) is 0 Å². The zero-order chi connectivity index (χ0) is 72.1. The van der Waals surface area contributed by atoms with E-state index in [2.05, 4.69) is 0 Å². The summed E-state index contributed by atoms with van der Waals surface area (Å²) in [5, 5.41) is 299. The van der Waals surface area contributed by atoms with Gasteiger partial charge in [0.25, 0.3) is 0 Å². The Hall–Kier alpha value is -1.80. The minimum atomic E-state index is -2.43. The van der Waals surface area contributed by atoms with Crippen LogP contribution < -0.4 is 0 Å². The van der Waals surface area contributed by atoms with Gasteiger partial charge in [0.2, 0.25) is 0 Å². The van der Waals surface area contributed by atoms with Crippen molar-refractivity contribution in [3.63, 3.8) is 0 Å². The number of hydrogen-bond donors (Lipinski definition) is 27. The molecule has 23 aliphatic rings. The van der Waals surface area contributed by atoms with Crippen LogP contribution in [-0.2, 0) is 85.3 Å². The van der Waals surface area contributed by atoms with Gasteiger partial charge < -0.3 is 223 Å². The summed E-state index contributed by atoms with van der Waals surface area (Å²) in [6.45, 7) is -9.86. The first-order valence-electron chi connectivity index (χ1n) is 31.6. The van der Waals surface area contributed by atoms with Gasteiger partial charge in [0.05, 0.1) is 59.5 Å². The summed E-state index contributed by atoms with van der Waals surface area (Å²) >= 11 is 0. The first-order valence-corrected chi connectivity index (χ1v) is 31.6. The van der Waals surface area contributed by atoms with Gasteiger partial charge in [-0.2, -0.15) is 0 Å². The molecular weight excluding hydrogens is 1370 g/mol. The van der Waals surface area contributed by atoms with Gasteiger partial charge in [0.1, 0.15) is 220 Å². The maximum Gasteiger partial charge on any atom is 0.187 e. The Bertz CT molecular complexity index is 2450. The van der Waals surface area contributed by atoms with E-state index in [9.17, 15) is 138 Å². The van der Waals surface area contributed by atoms with Gasteiger partial charge in [-0.1, -0.05) is 0 Å². The van der Waals surface area contributed by atoms with Crippen molar-refractivity contribution in [1.29, 1.82) is 0 Å². The van der Waals surface area contributed by atoms with Crippen LogP contribution in [0.5, 0.6) is 0 Å². The SMILES string of the molecule is OC[C@H]1O[C@H](O[C@H]2[C@H](O)[C@@H](O)[C@@H](OC[C@H]3O[C@@H]4O[C@H]5[C@H](O)[C@@H](O)[C@@H](O[C@H]6[C@H](O)[C@@H](O)[C@@H](O[C@H]7[C@H](O)[C@@H](O)[C@@H](O[C@H]8[C@H](O)[C@@H](O)[C@@H](O[C@H]9[C@H](O)[C@@H](O)[C@@H](O[C@H]%10[C@H](O)[C@@H](O)[C@@H](O[C@H]3[C@H](O)[C@H]4O)O[C@@H]%10CO)O[C@@H]9CO)O[C@@H]8CO)O[C@@H]7CO)O[C@@H]6CO)O[C@@H]5CO)O[C@@H]2CO)[C@H](O)[C@@H](O)[C@@H]1O. The summed E-state index contributed by atoms with van der Waals surface area (Å²) in [5.41, 5.74) is 0. The van der Waals surface area contributed by atoms with Gasteiger partial charge >= 0.3 is 0 Å². The number of rotatable bonds is 13. The van der Waals surface area contributed by atoms with Crippen LogP contribution in [0.4, 0.5) is 0 Å². The lowest BCUT2D eigenvalue weighted by molar-refractivity contribution is -0.399. The molecule has 23 aliphatic heterocycles. The molecule has 27 N–H and O–H groups in total. The van der Waals surface area contributed by atoms with E-state index in [1.165, 1.54) is 0 Å². The van der Waals surface area contributed by atoms with Gasteiger partial charge in [-0.05, 0) is 0 Å². The summed E-state index contributed by atoms with van der Waals surface area (Å²) in [4.78, 5) is 0. The molecular formula is C54H90O45. The molecule has 23 saturated heterocycles. The van der Waals surface area contributed by atoms with Crippen LogP contribution in [0.25, 0.3) is 0 Å². The Balaban J connectivity index is 0.938. The van der Waals surface area contributed by atoms with Crippen molar-refractivity contribution in [2.24, 2.45) is 0 Å². The largest absolute Gasteiger partial charge is 0.394 e. The van der Waals surface area contributed by atoms with Gasteiger partial charge in [-0.3, -0.25) is 0 Å². The predicted molar refractivity (Wildman–Crippen MR) is 294 cm³/mol.